The number of hydrogen-bond donors (Lipinski definition) is 2. The normalized spacial score (nSPS) is 9.80. The summed E-state index contributed by atoms with van der Waals surface area (Å²) < 4.78 is 0. The first-order chi connectivity index (χ1) is 7.13. The number of hydrogen-bond acceptors (Lipinski definition) is 3. The minimum absolute atomic E-state index is 0.0504. The first kappa shape index (κ1) is 11.5. The lowest BCUT2D eigenvalue weighted by Gasteiger charge is -2.16. The molecule has 2 amide bonds. The number of rotatable bonds is 3. The van der Waals surface area contributed by atoms with E-state index in [2.05, 4.69) is 10.3 Å². The number of aliphatic hydroxyl groups excluding tert-OH is 1. The number of anilines is 1. The molecule has 0 spiro atoms. The van der Waals surface area contributed by atoms with E-state index in [0.717, 1.165) is 5.56 Å². The number of nitrogens with one attached hydrogen (secondary N) is 1. The molecule has 0 fully saturated rings. The van der Waals surface area contributed by atoms with Gasteiger partial charge in [-0.1, -0.05) is 0 Å². The van der Waals surface area contributed by atoms with E-state index in [0.29, 0.717) is 12.4 Å². The topological polar surface area (TPSA) is 65.5 Å². The number of likely N-dealkylation sites (N-methyl/N-ethyl adjacent to an activating group) is 1. The summed E-state index contributed by atoms with van der Waals surface area (Å²) in [5, 5.41) is 11.3. The molecule has 0 bridgehead atoms. The van der Waals surface area contributed by atoms with Crippen LogP contribution < -0.4 is 5.32 Å². The van der Waals surface area contributed by atoms with Crippen LogP contribution in [0.5, 0.6) is 0 Å². The van der Waals surface area contributed by atoms with Crippen LogP contribution in [-0.2, 0) is 0 Å². The van der Waals surface area contributed by atoms with Gasteiger partial charge in [-0.15, -0.1) is 0 Å². The average molecular weight is 209 g/mol. The fourth-order valence-electron chi connectivity index (χ4n) is 1.06. The minimum atomic E-state index is -0.276. The second kappa shape index (κ2) is 5.31. The molecule has 2 N–H and O–H groups in total. The Morgan fingerprint density at radius 1 is 1.67 bits per heavy atom. The highest BCUT2D eigenvalue weighted by atomic mass is 16.3. The average Bonchev–Trinajstić information content (AvgIpc) is 2.18. The van der Waals surface area contributed by atoms with Crippen LogP contribution in [-0.4, -0.2) is 41.2 Å². The molecular formula is C10H15N3O2. The molecule has 1 heterocycles. The SMILES string of the molecule is Cc1ccnc(NC(=O)N(C)CCO)c1. The summed E-state index contributed by atoms with van der Waals surface area (Å²) in [6, 6.07) is 3.36. The Bertz CT molecular complexity index is 341. The Kier molecular flexibility index (Phi) is 4.05. The van der Waals surface area contributed by atoms with E-state index in [9.17, 15) is 4.79 Å². The first-order valence-corrected chi connectivity index (χ1v) is 4.69. The summed E-state index contributed by atoms with van der Waals surface area (Å²) in [4.78, 5) is 16.9. The molecule has 0 aromatic carbocycles. The number of urea groups is 1. The zero-order chi connectivity index (χ0) is 11.3. The molecule has 5 heteroatoms. The molecule has 1 aromatic heterocycles. The number of carbonyl (C=O) groups excluding carboxylic acids is 1. The molecule has 0 saturated heterocycles. The first-order valence-electron chi connectivity index (χ1n) is 4.69. The van der Waals surface area contributed by atoms with Gasteiger partial charge < -0.3 is 10.0 Å². The van der Waals surface area contributed by atoms with Gasteiger partial charge in [-0.25, -0.2) is 9.78 Å². The van der Waals surface area contributed by atoms with Crippen molar-refractivity contribution in [2.24, 2.45) is 0 Å². The maximum atomic E-state index is 11.5. The van der Waals surface area contributed by atoms with Crippen LogP contribution in [0.1, 0.15) is 5.56 Å². The number of nitrogens with zero attached hydrogens (tertiary/aromatic N) is 2. The Balaban J connectivity index is 2.58. The molecule has 5 nitrogen and oxygen atoms in total. The lowest BCUT2D eigenvalue weighted by molar-refractivity contribution is 0.202. The molecule has 0 aliphatic carbocycles. The molecule has 1 aromatic rings. The molecule has 15 heavy (non-hydrogen) atoms. The lowest BCUT2D eigenvalue weighted by atomic mass is 10.3. The highest BCUT2D eigenvalue weighted by Crippen LogP contribution is 2.05. The van der Waals surface area contributed by atoms with E-state index >= 15 is 0 Å². The highest BCUT2D eigenvalue weighted by molar-refractivity contribution is 5.88. The van der Waals surface area contributed by atoms with Crippen molar-refractivity contribution in [2.45, 2.75) is 6.92 Å². The quantitative estimate of drug-likeness (QED) is 0.775. The number of aromatic nitrogens is 1. The van der Waals surface area contributed by atoms with Gasteiger partial charge in [0.15, 0.2) is 0 Å². The summed E-state index contributed by atoms with van der Waals surface area (Å²) in [7, 11) is 1.61. The molecular weight excluding hydrogens is 194 g/mol. The van der Waals surface area contributed by atoms with Crippen molar-refractivity contribution in [3.63, 3.8) is 0 Å². The van der Waals surface area contributed by atoms with Crippen molar-refractivity contribution >= 4 is 11.8 Å². The number of aliphatic hydroxyl groups is 1. The molecule has 0 unspecified atom stereocenters. The molecule has 82 valence electrons. The summed E-state index contributed by atoms with van der Waals surface area (Å²) in [6.45, 7) is 2.18. The second-order valence-corrected chi connectivity index (χ2v) is 3.29. The van der Waals surface area contributed by atoms with Crippen LogP contribution in [0.4, 0.5) is 10.6 Å². The maximum absolute atomic E-state index is 11.5. The molecule has 0 atom stereocenters. The van der Waals surface area contributed by atoms with E-state index in [1.807, 2.05) is 13.0 Å². The molecule has 1 rings (SSSR count). The third kappa shape index (κ3) is 3.55. The summed E-state index contributed by atoms with van der Waals surface area (Å²) in [5.41, 5.74) is 1.03. The summed E-state index contributed by atoms with van der Waals surface area (Å²) in [6.07, 6.45) is 1.64. The van der Waals surface area contributed by atoms with E-state index in [1.54, 1.807) is 19.3 Å². The van der Waals surface area contributed by atoms with Crippen molar-refractivity contribution in [1.29, 1.82) is 0 Å². The number of amides is 2. The van der Waals surface area contributed by atoms with Crippen molar-refractivity contribution in [3.05, 3.63) is 23.9 Å². The van der Waals surface area contributed by atoms with Gasteiger partial charge in [-0.3, -0.25) is 5.32 Å². The second-order valence-electron chi connectivity index (χ2n) is 3.29. The standard InChI is InChI=1S/C10H15N3O2/c1-8-3-4-11-9(7-8)12-10(15)13(2)5-6-14/h3-4,7,14H,5-6H2,1-2H3,(H,11,12,15). The van der Waals surface area contributed by atoms with Gasteiger partial charge >= 0.3 is 6.03 Å². The third-order valence-corrected chi connectivity index (χ3v) is 1.93. The van der Waals surface area contributed by atoms with Crippen molar-refractivity contribution < 1.29 is 9.90 Å². The molecule has 0 aliphatic heterocycles. The van der Waals surface area contributed by atoms with Gasteiger partial charge in [0.1, 0.15) is 5.82 Å². The number of aryl methyl sites for hydroxylation is 1. The van der Waals surface area contributed by atoms with E-state index < -0.39 is 0 Å². The largest absolute Gasteiger partial charge is 0.395 e. The van der Waals surface area contributed by atoms with Crippen molar-refractivity contribution in [1.82, 2.24) is 9.88 Å². The molecule has 0 saturated carbocycles. The predicted molar refractivity (Wildman–Crippen MR) is 57.7 cm³/mol. The Morgan fingerprint density at radius 2 is 2.40 bits per heavy atom. The van der Waals surface area contributed by atoms with Crippen molar-refractivity contribution in [3.8, 4) is 0 Å². The Hall–Kier alpha value is -1.62. The fourth-order valence-corrected chi connectivity index (χ4v) is 1.06. The van der Waals surface area contributed by atoms with Gasteiger partial charge in [0, 0.05) is 19.8 Å². The Labute approximate surface area is 88.7 Å². The zero-order valence-corrected chi connectivity index (χ0v) is 8.90. The van der Waals surface area contributed by atoms with E-state index in [4.69, 9.17) is 5.11 Å². The van der Waals surface area contributed by atoms with Crippen LogP contribution in [0.25, 0.3) is 0 Å². The summed E-state index contributed by atoms with van der Waals surface area (Å²) in [5.74, 6) is 0.518. The smallest absolute Gasteiger partial charge is 0.322 e. The Morgan fingerprint density at radius 3 is 3.00 bits per heavy atom. The van der Waals surface area contributed by atoms with Gasteiger partial charge in [0.2, 0.25) is 0 Å². The van der Waals surface area contributed by atoms with Crippen LogP contribution in [0.15, 0.2) is 18.3 Å². The lowest BCUT2D eigenvalue weighted by Crippen LogP contribution is -2.33. The predicted octanol–water partition coefficient (Wildman–Crippen LogP) is 0.846. The molecule has 0 radical (unpaired) electrons. The van der Waals surface area contributed by atoms with Crippen LogP contribution in [0.2, 0.25) is 0 Å². The van der Waals surface area contributed by atoms with Crippen molar-refractivity contribution in [2.75, 3.05) is 25.5 Å². The van der Waals surface area contributed by atoms with Gasteiger partial charge in [0.05, 0.1) is 6.61 Å². The number of carbonyl (C=O) groups is 1. The summed E-state index contributed by atoms with van der Waals surface area (Å²) >= 11 is 0. The van der Waals surface area contributed by atoms with Gasteiger partial charge in [-0.05, 0) is 24.6 Å². The van der Waals surface area contributed by atoms with Crippen LogP contribution in [0.3, 0.4) is 0 Å². The van der Waals surface area contributed by atoms with Gasteiger partial charge in [0.25, 0.3) is 0 Å². The fraction of sp³-hybridized carbons (Fsp3) is 0.400. The molecule has 0 aliphatic rings. The van der Waals surface area contributed by atoms with E-state index in [-0.39, 0.29) is 12.6 Å². The number of pyridine rings is 1. The van der Waals surface area contributed by atoms with Crippen LogP contribution >= 0.6 is 0 Å². The van der Waals surface area contributed by atoms with Crippen LogP contribution in [0, 0.1) is 6.92 Å². The van der Waals surface area contributed by atoms with E-state index in [1.165, 1.54) is 4.90 Å². The third-order valence-electron chi connectivity index (χ3n) is 1.93. The minimum Gasteiger partial charge on any atom is -0.395 e. The highest BCUT2D eigenvalue weighted by Gasteiger charge is 2.07. The zero-order valence-electron chi connectivity index (χ0n) is 8.90. The van der Waals surface area contributed by atoms with Gasteiger partial charge in [-0.2, -0.15) is 0 Å². The monoisotopic (exact) mass is 209 g/mol. The maximum Gasteiger partial charge on any atom is 0.322 e.